The average molecular weight is 209 g/mol. The number of hydrogen-bond donors (Lipinski definition) is 1. The van der Waals surface area contributed by atoms with Crippen LogP contribution in [0.2, 0.25) is 0 Å². The zero-order chi connectivity index (χ0) is 10.7. The molecule has 0 radical (unpaired) electrons. The molecule has 2 rings (SSSR count). The minimum absolute atomic E-state index is 0.228. The van der Waals surface area contributed by atoms with E-state index in [1.807, 2.05) is 0 Å². The van der Waals surface area contributed by atoms with E-state index in [1.165, 1.54) is 64.2 Å². The lowest BCUT2D eigenvalue weighted by atomic mass is 9.65. The van der Waals surface area contributed by atoms with Crippen LogP contribution in [0.15, 0.2) is 0 Å². The third-order valence-electron chi connectivity index (χ3n) is 4.96. The van der Waals surface area contributed by atoms with E-state index in [0.29, 0.717) is 0 Å². The first kappa shape index (κ1) is 11.4. The molecule has 0 aliphatic heterocycles. The van der Waals surface area contributed by atoms with Crippen LogP contribution in [0.4, 0.5) is 0 Å². The van der Waals surface area contributed by atoms with E-state index in [0.717, 1.165) is 11.8 Å². The normalized spacial score (nSPS) is 36.4. The van der Waals surface area contributed by atoms with Crippen LogP contribution in [0, 0.1) is 11.8 Å². The summed E-state index contributed by atoms with van der Waals surface area (Å²) in [6.45, 7) is 2.34. The van der Waals surface area contributed by atoms with Crippen molar-refractivity contribution in [3.8, 4) is 0 Å². The van der Waals surface area contributed by atoms with Crippen LogP contribution in [-0.2, 0) is 0 Å². The Morgan fingerprint density at radius 2 is 1.80 bits per heavy atom. The average Bonchev–Trinajstić information content (AvgIpc) is 2.30. The zero-order valence-electron chi connectivity index (χ0n) is 10.3. The fourth-order valence-electron chi connectivity index (χ4n) is 3.80. The third-order valence-corrected chi connectivity index (χ3v) is 4.96. The molecule has 2 atom stereocenters. The summed E-state index contributed by atoms with van der Waals surface area (Å²) in [6.07, 6.45) is 13.9. The number of rotatable bonds is 2. The van der Waals surface area contributed by atoms with E-state index >= 15 is 0 Å². The van der Waals surface area contributed by atoms with Crippen molar-refractivity contribution in [2.45, 2.75) is 76.7 Å². The summed E-state index contributed by atoms with van der Waals surface area (Å²) in [7, 11) is 0. The van der Waals surface area contributed by atoms with Gasteiger partial charge < -0.3 is 5.73 Å². The molecule has 0 amide bonds. The first-order chi connectivity index (χ1) is 7.24. The van der Waals surface area contributed by atoms with E-state index in [1.54, 1.807) is 0 Å². The molecule has 15 heavy (non-hydrogen) atoms. The largest absolute Gasteiger partial charge is 0.325 e. The van der Waals surface area contributed by atoms with E-state index in [2.05, 4.69) is 6.92 Å². The highest BCUT2D eigenvalue weighted by Crippen LogP contribution is 2.42. The minimum Gasteiger partial charge on any atom is -0.325 e. The topological polar surface area (TPSA) is 26.0 Å². The van der Waals surface area contributed by atoms with E-state index in [-0.39, 0.29) is 5.54 Å². The Hall–Kier alpha value is -0.0400. The molecule has 0 heterocycles. The van der Waals surface area contributed by atoms with Gasteiger partial charge in [-0.1, -0.05) is 45.4 Å². The van der Waals surface area contributed by atoms with Gasteiger partial charge in [-0.05, 0) is 37.5 Å². The van der Waals surface area contributed by atoms with Gasteiger partial charge in [0.1, 0.15) is 0 Å². The second-order valence-electron chi connectivity index (χ2n) is 5.93. The van der Waals surface area contributed by atoms with Gasteiger partial charge in [-0.3, -0.25) is 0 Å². The third kappa shape index (κ3) is 2.55. The lowest BCUT2D eigenvalue weighted by Gasteiger charge is -2.44. The lowest BCUT2D eigenvalue weighted by molar-refractivity contribution is 0.125. The molecular weight excluding hydrogens is 182 g/mol. The molecule has 2 unspecified atom stereocenters. The van der Waals surface area contributed by atoms with Crippen LogP contribution in [0.25, 0.3) is 0 Å². The van der Waals surface area contributed by atoms with E-state index in [9.17, 15) is 0 Å². The second-order valence-corrected chi connectivity index (χ2v) is 5.93. The molecule has 0 aromatic carbocycles. The Morgan fingerprint density at radius 1 is 1.07 bits per heavy atom. The van der Waals surface area contributed by atoms with Crippen LogP contribution < -0.4 is 5.73 Å². The Labute approximate surface area is 94.8 Å². The monoisotopic (exact) mass is 209 g/mol. The molecule has 0 spiro atoms. The smallest absolute Gasteiger partial charge is 0.0182 e. The lowest BCUT2D eigenvalue weighted by Crippen LogP contribution is -2.50. The summed E-state index contributed by atoms with van der Waals surface area (Å²) in [5, 5.41) is 0. The fourth-order valence-corrected chi connectivity index (χ4v) is 3.80. The molecule has 2 aliphatic rings. The van der Waals surface area contributed by atoms with Crippen molar-refractivity contribution in [2.75, 3.05) is 0 Å². The first-order valence-electron chi connectivity index (χ1n) is 7.03. The van der Waals surface area contributed by atoms with Crippen molar-refractivity contribution in [1.82, 2.24) is 0 Å². The Kier molecular flexibility index (Phi) is 3.71. The SMILES string of the molecule is CCC1CCCC(C2(N)CCCCC2)C1. The number of hydrogen-bond acceptors (Lipinski definition) is 1. The van der Waals surface area contributed by atoms with Crippen molar-refractivity contribution >= 4 is 0 Å². The van der Waals surface area contributed by atoms with Gasteiger partial charge in [-0.2, -0.15) is 0 Å². The van der Waals surface area contributed by atoms with Gasteiger partial charge in [0, 0.05) is 5.54 Å². The summed E-state index contributed by atoms with van der Waals surface area (Å²) in [6, 6.07) is 0. The van der Waals surface area contributed by atoms with Crippen LogP contribution in [-0.4, -0.2) is 5.54 Å². The highest BCUT2D eigenvalue weighted by molar-refractivity contribution is 4.95. The second kappa shape index (κ2) is 4.86. The predicted octanol–water partition coefficient (Wildman–Crippen LogP) is 3.86. The van der Waals surface area contributed by atoms with Crippen molar-refractivity contribution in [3.63, 3.8) is 0 Å². The molecule has 2 fully saturated rings. The van der Waals surface area contributed by atoms with Gasteiger partial charge in [0.2, 0.25) is 0 Å². The summed E-state index contributed by atoms with van der Waals surface area (Å²) in [4.78, 5) is 0. The van der Waals surface area contributed by atoms with Gasteiger partial charge in [0.15, 0.2) is 0 Å². The maximum Gasteiger partial charge on any atom is 0.0182 e. The quantitative estimate of drug-likeness (QED) is 0.734. The van der Waals surface area contributed by atoms with Gasteiger partial charge in [0.25, 0.3) is 0 Å². The molecule has 88 valence electrons. The maximum atomic E-state index is 6.65. The Morgan fingerprint density at radius 3 is 2.47 bits per heavy atom. The van der Waals surface area contributed by atoms with Gasteiger partial charge in [0.05, 0.1) is 0 Å². The summed E-state index contributed by atoms with van der Waals surface area (Å²) in [5.74, 6) is 1.82. The van der Waals surface area contributed by atoms with Crippen molar-refractivity contribution in [2.24, 2.45) is 17.6 Å². The Balaban J connectivity index is 1.95. The first-order valence-corrected chi connectivity index (χ1v) is 7.03. The Bertz CT molecular complexity index is 194. The number of nitrogens with two attached hydrogens (primary N) is 1. The van der Waals surface area contributed by atoms with E-state index < -0.39 is 0 Å². The summed E-state index contributed by atoms with van der Waals surface area (Å²) < 4.78 is 0. The molecule has 1 heteroatoms. The molecule has 1 nitrogen and oxygen atoms in total. The molecule has 0 bridgehead atoms. The summed E-state index contributed by atoms with van der Waals surface area (Å²) in [5.41, 5.74) is 6.88. The highest BCUT2D eigenvalue weighted by atomic mass is 14.8. The maximum absolute atomic E-state index is 6.65. The molecule has 2 saturated carbocycles. The van der Waals surface area contributed by atoms with Crippen LogP contribution in [0.5, 0.6) is 0 Å². The van der Waals surface area contributed by atoms with E-state index in [4.69, 9.17) is 5.73 Å². The van der Waals surface area contributed by atoms with Gasteiger partial charge in [-0.25, -0.2) is 0 Å². The van der Waals surface area contributed by atoms with Gasteiger partial charge in [-0.15, -0.1) is 0 Å². The minimum atomic E-state index is 0.228. The molecule has 2 N–H and O–H groups in total. The van der Waals surface area contributed by atoms with Crippen LogP contribution in [0.3, 0.4) is 0 Å². The molecular formula is C14H27N. The standard InChI is InChI=1S/C14H27N/c1-2-12-7-6-8-13(11-12)14(15)9-4-3-5-10-14/h12-13H,2-11,15H2,1H3. The van der Waals surface area contributed by atoms with Crippen LogP contribution >= 0.6 is 0 Å². The highest BCUT2D eigenvalue weighted by Gasteiger charge is 2.38. The fraction of sp³-hybridized carbons (Fsp3) is 1.00. The molecule has 2 aliphatic carbocycles. The molecule has 0 aromatic heterocycles. The van der Waals surface area contributed by atoms with Crippen LogP contribution in [0.1, 0.15) is 71.1 Å². The van der Waals surface area contributed by atoms with Gasteiger partial charge >= 0.3 is 0 Å². The van der Waals surface area contributed by atoms with Crippen molar-refractivity contribution in [1.29, 1.82) is 0 Å². The van der Waals surface area contributed by atoms with Crippen molar-refractivity contribution in [3.05, 3.63) is 0 Å². The zero-order valence-corrected chi connectivity index (χ0v) is 10.3. The predicted molar refractivity (Wildman–Crippen MR) is 65.7 cm³/mol. The molecule has 0 saturated heterocycles. The summed E-state index contributed by atoms with van der Waals surface area (Å²) >= 11 is 0. The van der Waals surface area contributed by atoms with Crippen molar-refractivity contribution < 1.29 is 0 Å². The molecule has 0 aromatic rings.